The molecular weight excluding hydrogens is 290 g/mol. The molecule has 0 N–H and O–H groups in total. The quantitative estimate of drug-likeness (QED) is 0.682. The van der Waals surface area contributed by atoms with E-state index in [9.17, 15) is 4.79 Å². The maximum absolute atomic E-state index is 10.8. The molecule has 0 heterocycles. The number of carbonyl (C=O) groups excluding carboxylic acids is 1. The maximum Gasteiger partial charge on any atom is 0.151 e. The van der Waals surface area contributed by atoms with E-state index in [1.54, 1.807) is 0 Å². The molecule has 18 heavy (non-hydrogen) atoms. The molecule has 1 aromatic rings. The zero-order valence-electron chi connectivity index (χ0n) is 11.4. The van der Waals surface area contributed by atoms with Crippen molar-refractivity contribution in [2.45, 2.75) is 46.1 Å². The van der Waals surface area contributed by atoms with E-state index in [4.69, 9.17) is 0 Å². The van der Waals surface area contributed by atoms with Gasteiger partial charge in [-0.1, -0.05) is 20.3 Å². The van der Waals surface area contributed by atoms with E-state index in [0.717, 1.165) is 23.7 Å². The third-order valence-corrected chi connectivity index (χ3v) is 4.00. The largest absolute Gasteiger partial charge is 0.369 e. The topological polar surface area (TPSA) is 20.3 Å². The van der Waals surface area contributed by atoms with Crippen molar-refractivity contribution in [1.29, 1.82) is 0 Å². The SMILES string of the molecule is CCCCN(c1ccc(C=O)c(Br)c1)C(C)CC. The lowest BCUT2D eigenvalue weighted by molar-refractivity contribution is 0.112. The summed E-state index contributed by atoms with van der Waals surface area (Å²) in [4.78, 5) is 13.2. The number of carbonyl (C=O) groups is 1. The van der Waals surface area contributed by atoms with Crippen LogP contribution in [0.2, 0.25) is 0 Å². The van der Waals surface area contributed by atoms with Gasteiger partial charge in [-0.2, -0.15) is 0 Å². The van der Waals surface area contributed by atoms with Crippen molar-refractivity contribution in [3.63, 3.8) is 0 Å². The van der Waals surface area contributed by atoms with Crippen LogP contribution < -0.4 is 4.90 Å². The molecule has 1 unspecified atom stereocenters. The summed E-state index contributed by atoms with van der Waals surface area (Å²) in [6, 6.07) is 6.49. The van der Waals surface area contributed by atoms with E-state index in [0.29, 0.717) is 11.6 Å². The fourth-order valence-corrected chi connectivity index (χ4v) is 2.40. The first-order chi connectivity index (χ1) is 8.63. The Hall–Kier alpha value is -0.830. The second kappa shape index (κ2) is 7.57. The molecule has 100 valence electrons. The van der Waals surface area contributed by atoms with Gasteiger partial charge < -0.3 is 4.90 Å². The average Bonchev–Trinajstić information content (AvgIpc) is 2.39. The van der Waals surface area contributed by atoms with Crippen LogP contribution in [0.3, 0.4) is 0 Å². The molecule has 0 saturated heterocycles. The summed E-state index contributed by atoms with van der Waals surface area (Å²) in [5.74, 6) is 0. The molecule has 2 nitrogen and oxygen atoms in total. The van der Waals surface area contributed by atoms with Crippen molar-refractivity contribution in [3.8, 4) is 0 Å². The zero-order chi connectivity index (χ0) is 13.5. The third kappa shape index (κ3) is 3.84. The summed E-state index contributed by atoms with van der Waals surface area (Å²) >= 11 is 3.46. The number of aldehydes is 1. The highest BCUT2D eigenvalue weighted by atomic mass is 79.9. The van der Waals surface area contributed by atoms with E-state index in [1.165, 1.54) is 18.5 Å². The second-order valence-electron chi connectivity index (χ2n) is 4.63. The van der Waals surface area contributed by atoms with E-state index >= 15 is 0 Å². The number of nitrogens with zero attached hydrogens (tertiary/aromatic N) is 1. The first-order valence-electron chi connectivity index (χ1n) is 6.65. The summed E-state index contributed by atoms with van der Waals surface area (Å²) in [6.45, 7) is 7.73. The monoisotopic (exact) mass is 311 g/mol. The molecule has 1 atom stereocenters. The lowest BCUT2D eigenvalue weighted by Gasteiger charge is -2.31. The predicted molar refractivity (Wildman–Crippen MR) is 81.5 cm³/mol. The van der Waals surface area contributed by atoms with E-state index in [-0.39, 0.29) is 0 Å². The molecule has 0 radical (unpaired) electrons. The van der Waals surface area contributed by atoms with Crippen LogP contribution in [0.25, 0.3) is 0 Å². The first kappa shape index (κ1) is 15.2. The van der Waals surface area contributed by atoms with Gasteiger partial charge in [-0.05, 0) is 53.9 Å². The molecule has 0 aromatic heterocycles. The standard InChI is InChI=1S/C15H22BrNO/c1-4-6-9-17(12(3)5-2)14-8-7-13(11-18)15(16)10-14/h7-8,10-12H,4-6,9H2,1-3H3. The number of hydrogen-bond acceptors (Lipinski definition) is 2. The van der Waals surface area contributed by atoms with E-state index in [1.807, 2.05) is 18.2 Å². The number of rotatable bonds is 7. The number of halogens is 1. The molecule has 1 rings (SSSR count). The van der Waals surface area contributed by atoms with Crippen molar-refractivity contribution >= 4 is 27.9 Å². The van der Waals surface area contributed by atoms with Gasteiger partial charge in [0, 0.05) is 28.3 Å². The highest BCUT2D eigenvalue weighted by Gasteiger charge is 2.13. The normalized spacial score (nSPS) is 12.2. The highest BCUT2D eigenvalue weighted by molar-refractivity contribution is 9.10. The van der Waals surface area contributed by atoms with Crippen molar-refractivity contribution in [2.24, 2.45) is 0 Å². The van der Waals surface area contributed by atoms with Gasteiger partial charge in [-0.25, -0.2) is 0 Å². The van der Waals surface area contributed by atoms with Crippen molar-refractivity contribution in [1.82, 2.24) is 0 Å². The second-order valence-corrected chi connectivity index (χ2v) is 5.48. The predicted octanol–water partition coefficient (Wildman–Crippen LogP) is 4.67. The molecule has 0 aliphatic heterocycles. The minimum atomic E-state index is 0.519. The minimum Gasteiger partial charge on any atom is -0.369 e. The summed E-state index contributed by atoms with van der Waals surface area (Å²) in [6.07, 6.45) is 4.39. The number of hydrogen-bond donors (Lipinski definition) is 0. The fourth-order valence-electron chi connectivity index (χ4n) is 1.94. The van der Waals surface area contributed by atoms with Gasteiger partial charge in [-0.3, -0.25) is 4.79 Å². The molecule has 0 saturated carbocycles. The first-order valence-corrected chi connectivity index (χ1v) is 7.44. The van der Waals surface area contributed by atoms with Crippen LogP contribution in [-0.2, 0) is 0 Å². The molecule has 0 aliphatic carbocycles. The summed E-state index contributed by atoms with van der Waals surface area (Å²) in [7, 11) is 0. The molecule has 3 heteroatoms. The van der Waals surface area contributed by atoms with Gasteiger partial charge in [0.1, 0.15) is 0 Å². The molecule has 0 aliphatic rings. The van der Waals surface area contributed by atoms with Gasteiger partial charge in [0.05, 0.1) is 0 Å². The molecule has 1 aromatic carbocycles. The Bertz CT molecular complexity index is 392. The van der Waals surface area contributed by atoms with Gasteiger partial charge in [0.15, 0.2) is 6.29 Å². The van der Waals surface area contributed by atoms with Crippen molar-refractivity contribution < 1.29 is 4.79 Å². The number of benzene rings is 1. The van der Waals surface area contributed by atoms with Crippen LogP contribution in [-0.4, -0.2) is 18.9 Å². The average molecular weight is 312 g/mol. The summed E-state index contributed by atoms with van der Waals surface area (Å²) in [5.41, 5.74) is 1.90. The lowest BCUT2D eigenvalue weighted by Crippen LogP contribution is -2.33. The van der Waals surface area contributed by atoms with Gasteiger partial charge in [-0.15, -0.1) is 0 Å². The summed E-state index contributed by atoms with van der Waals surface area (Å²) in [5, 5.41) is 0. The Morgan fingerprint density at radius 2 is 2.11 bits per heavy atom. The lowest BCUT2D eigenvalue weighted by atomic mass is 10.1. The van der Waals surface area contributed by atoms with Crippen LogP contribution >= 0.6 is 15.9 Å². The van der Waals surface area contributed by atoms with Crippen LogP contribution in [0, 0.1) is 0 Å². The van der Waals surface area contributed by atoms with Gasteiger partial charge >= 0.3 is 0 Å². The van der Waals surface area contributed by atoms with Crippen molar-refractivity contribution in [2.75, 3.05) is 11.4 Å². The summed E-state index contributed by atoms with van der Waals surface area (Å²) < 4.78 is 0.875. The Kier molecular flexibility index (Phi) is 6.41. The van der Waals surface area contributed by atoms with Crippen LogP contribution in [0.15, 0.2) is 22.7 Å². The smallest absolute Gasteiger partial charge is 0.151 e. The van der Waals surface area contributed by atoms with Crippen LogP contribution in [0.1, 0.15) is 50.4 Å². The molecule has 0 amide bonds. The highest BCUT2D eigenvalue weighted by Crippen LogP contribution is 2.25. The number of anilines is 1. The van der Waals surface area contributed by atoms with Crippen LogP contribution in [0.4, 0.5) is 5.69 Å². The molecule has 0 spiro atoms. The fraction of sp³-hybridized carbons (Fsp3) is 0.533. The zero-order valence-corrected chi connectivity index (χ0v) is 13.0. The Labute approximate surface area is 119 Å². The van der Waals surface area contributed by atoms with Gasteiger partial charge in [0.25, 0.3) is 0 Å². The Morgan fingerprint density at radius 3 is 2.61 bits per heavy atom. The maximum atomic E-state index is 10.8. The van der Waals surface area contributed by atoms with E-state index < -0.39 is 0 Å². The van der Waals surface area contributed by atoms with Gasteiger partial charge in [0.2, 0.25) is 0 Å². The van der Waals surface area contributed by atoms with Crippen molar-refractivity contribution in [3.05, 3.63) is 28.2 Å². The van der Waals surface area contributed by atoms with E-state index in [2.05, 4.69) is 41.6 Å². The third-order valence-electron chi connectivity index (χ3n) is 3.32. The molecular formula is C15H22BrNO. The van der Waals surface area contributed by atoms with Crippen LogP contribution in [0.5, 0.6) is 0 Å². The Balaban J connectivity index is 2.97. The molecule has 0 bridgehead atoms. The Morgan fingerprint density at radius 1 is 1.39 bits per heavy atom. The minimum absolute atomic E-state index is 0.519. The number of unbranched alkanes of at least 4 members (excludes halogenated alkanes) is 1. The molecule has 0 fully saturated rings.